The average Bonchev–Trinajstić information content (AvgIpc) is 2.39. The number of nitrogens with one attached hydrogen (secondary N) is 1. The van der Waals surface area contributed by atoms with Gasteiger partial charge in [-0.2, -0.15) is 0 Å². The molecule has 5 nitrogen and oxygen atoms in total. The van der Waals surface area contributed by atoms with Gasteiger partial charge in [0.15, 0.2) is 9.84 Å². The van der Waals surface area contributed by atoms with Crippen molar-refractivity contribution in [2.45, 2.75) is 51.6 Å². The second-order valence-electron chi connectivity index (χ2n) is 6.19. The first kappa shape index (κ1) is 17.9. The molecule has 1 aliphatic rings. The summed E-state index contributed by atoms with van der Waals surface area (Å²) in [5, 5.41) is 13.2. The standard InChI is InChI=1S/C14H30N2O3S/c1-4-14(12-17,15-13(2)3)6-5-7-16-8-10-20(18,19)11-9-16/h13,15,17H,4-12H2,1-3H3. The summed E-state index contributed by atoms with van der Waals surface area (Å²) in [7, 11) is -2.79. The lowest BCUT2D eigenvalue weighted by Gasteiger charge is -2.35. The fraction of sp³-hybridized carbons (Fsp3) is 1.00. The van der Waals surface area contributed by atoms with Crippen molar-refractivity contribution in [1.82, 2.24) is 10.2 Å². The van der Waals surface area contributed by atoms with E-state index in [1.807, 2.05) is 0 Å². The summed E-state index contributed by atoms with van der Waals surface area (Å²) in [6.45, 7) is 8.65. The van der Waals surface area contributed by atoms with Crippen LogP contribution in [0.15, 0.2) is 0 Å². The first-order valence-corrected chi connectivity index (χ1v) is 9.46. The zero-order chi connectivity index (χ0) is 15.2. The van der Waals surface area contributed by atoms with E-state index in [0.717, 1.165) is 25.8 Å². The fourth-order valence-corrected chi connectivity index (χ4v) is 4.09. The molecule has 120 valence electrons. The topological polar surface area (TPSA) is 69.6 Å². The van der Waals surface area contributed by atoms with Crippen LogP contribution >= 0.6 is 0 Å². The van der Waals surface area contributed by atoms with Gasteiger partial charge in [-0.15, -0.1) is 0 Å². The van der Waals surface area contributed by atoms with E-state index < -0.39 is 9.84 Å². The summed E-state index contributed by atoms with van der Waals surface area (Å²) < 4.78 is 22.7. The monoisotopic (exact) mass is 306 g/mol. The summed E-state index contributed by atoms with van der Waals surface area (Å²) in [5.74, 6) is 0.576. The van der Waals surface area contributed by atoms with Crippen molar-refractivity contribution in [3.05, 3.63) is 0 Å². The van der Waals surface area contributed by atoms with E-state index >= 15 is 0 Å². The minimum atomic E-state index is -2.79. The largest absolute Gasteiger partial charge is 0.394 e. The summed E-state index contributed by atoms with van der Waals surface area (Å²) in [4.78, 5) is 2.22. The van der Waals surface area contributed by atoms with Gasteiger partial charge in [-0.1, -0.05) is 20.8 Å². The molecule has 1 aliphatic heterocycles. The summed E-state index contributed by atoms with van der Waals surface area (Å²) in [6.07, 6.45) is 2.80. The van der Waals surface area contributed by atoms with Crippen LogP contribution in [0.2, 0.25) is 0 Å². The van der Waals surface area contributed by atoms with Crippen molar-refractivity contribution in [3.8, 4) is 0 Å². The van der Waals surface area contributed by atoms with Crippen LogP contribution < -0.4 is 5.32 Å². The number of hydrogen-bond acceptors (Lipinski definition) is 5. The van der Waals surface area contributed by atoms with Gasteiger partial charge in [-0.25, -0.2) is 8.42 Å². The molecule has 1 fully saturated rings. The van der Waals surface area contributed by atoms with Crippen molar-refractivity contribution in [2.24, 2.45) is 0 Å². The Bertz CT molecular complexity index is 364. The van der Waals surface area contributed by atoms with Gasteiger partial charge in [-0.3, -0.25) is 0 Å². The van der Waals surface area contributed by atoms with Gasteiger partial charge in [0.25, 0.3) is 0 Å². The molecule has 0 aromatic heterocycles. The summed E-state index contributed by atoms with van der Waals surface area (Å²) in [5.41, 5.74) is -0.198. The molecular weight excluding hydrogens is 276 g/mol. The molecule has 6 heteroatoms. The Morgan fingerprint density at radius 1 is 1.30 bits per heavy atom. The van der Waals surface area contributed by atoms with Crippen LogP contribution in [0.25, 0.3) is 0 Å². The second kappa shape index (κ2) is 7.73. The van der Waals surface area contributed by atoms with Crippen LogP contribution in [0.1, 0.15) is 40.0 Å². The highest BCUT2D eigenvalue weighted by atomic mass is 32.2. The molecule has 2 N–H and O–H groups in total. The van der Waals surface area contributed by atoms with E-state index in [-0.39, 0.29) is 23.7 Å². The highest BCUT2D eigenvalue weighted by molar-refractivity contribution is 7.91. The third-order valence-electron chi connectivity index (χ3n) is 4.14. The number of rotatable bonds is 8. The van der Waals surface area contributed by atoms with Crippen molar-refractivity contribution >= 4 is 9.84 Å². The predicted octanol–water partition coefficient (Wildman–Crippen LogP) is 0.636. The highest BCUT2D eigenvalue weighted by Crippen LogP contribution is 2.18. The van der Waals surface area contributed by atoms with Crippen molar-refractivity contribution < 1.29 is 13.5 Å². The molecule has 1 unspecified atom stereocenters. The molecule has 1 heterocycles. The maximum atomic E-state index is 11.4. The van der Waals surface area contributed by atoms with Crippen LogP contribution in [-0.4, -0.2) is 67.8 Å². The quantitative estimate of drug-likeness (QED) is 0.688. The summed E-state index contributed by atoms with van der Waals surface area (Å²) in [6, 6.07) is 0.349. The predicted molar refractivity (Wildman–Crippen MR) is 82.7 cm³/mol. The maximum Gasteiger partial charge on any atom is 0.152 e. The Labute approximate surface area is 123 Å². The normalized spacial score (nSPS) is 22.9. The van der Waals surface area contributed by atoms with Gasteiger partial charge in [0.2, 0.25) is 0 Å². The first-order valence-electron chi connectivity index (χ1n) is 7.64. The molecule has 0 aliphatic carbocycles. The SMILES string of the molecule is CCC(CO)(CCCN1CCS(=O)(=O)CC1)NC(C)C. The van der Waals surface area contributed by atoms with Crippen molar-refractivity contribution in [1.29, 1.82) is 0 Å². The molecule has 1 atom stereocenters. The zero-order valence-corrected chi connectivity index (χ0v) is 13.9. The zero-order valence-electron chi connectivity index (χ0n) is 13.1. The number of aliphatic hydroxyl groups excluding tert-OH is 1. The van der Waals surface area contributed by atoms with E-state index in [1.165, 1.54) is 0 Å². The van der Waals surface area contributed by atoms with Crippen molar-refractivity contribution in [3.63, 3.8) is 0 Å². The molecule has 1 saturated heterocycles. The van der Waals surface area contributed by atoms with Crippen molar-refractivity contribution in [2.75, 3.05) is 37.7 Å². The first-order chi connectivity index (χ1) is 9.32. The molecular formula is C14H30N2O3S. The third-order valence-corrected chi connectivity index (χ3v) is 5.75. The number of sulfone groups is 1. The van der Waals surface area contributed by atoms with Gasteiger partial charge >= 0.3 is 0 Å². The van der Waals surface area contributed by atoms with Crippen LogP contribution in [-0.2, 0) is 9.84 Å². The number of nitrogens with zero attached hydrogens (tertiary/aromatic N) is 1. The Hall–Kier alpha value is -0.170. The van der Waals surface area contributed by atoms with Gasteiger partial charge in [0.05, 0.1) is 18.1 Å². The average molecular weight is 306 g/mol. The smallest absolute Gasteiger partial charge is 0.152 e. The van der Waals surface area contributed by atoms with E-state index in [2.05, 4.69) is 31.0 Å². The minimum absolute atomic E-state index is 0.149. The lowest BCUT2D eigenvalue weighted by molar-refractivity contribution is 0.130. The number of aliphatic hydroxyl groups is 1. The van der Waals surface area contributed by atoms with Crippen LogP contribution in [0.4, 0.5) is 0 Å². The van der Waals surface area contributed by atoms with E-state index in [9.17, 15) is 13.5 Å². The molecule has 0 aromatic rings. The third kappa shape index (κ3) is 5.68. The molecule has 0 aromatic carbocycles. The second-order valence-corrected chi connectivity index (χ2v) is 8.49. The number of hydrogen-bond donors (Lipinski definition) is 2. The van der Waals surface area contributed by atoms with Crippen LogP contribution in [0, 0.1) is 0 Å². The van der Waals surface area contributed by atoms with E-state index in [1.54, 1.807) is 0 Å². The van der Waals surface area contributed by atoms with Gasteiger partial charge in [-0.05, 0) is 25.8 Å². The van der Waals surface area contributed by atoms with E-state index in [4.69, 9.17) is 0 Å². The van der Waals surface area contributed by atoms with Crippen LogP contribution in [0.3, 0.4) is 0 Å². The van der Waals surface area contributed by atoms with Gasteiger partial charge in [0, 0.05) is 24.7 Å². The lowest BCUT2D eigenvalue weighted by Crippen LogP contribution is -2.51. The molecule has 0 saturated carbocycles. The fourth-order valence-electron chi connectivity index (χ4n) is 2.81. The van der Waals surface area contributed by atoms with Gasteiger partial charge in [0.1, 0.15) is 0 Å². The Morgan fingerprint density at radius 3 is 2.35 bits per heavy atom. The van der Waals surface area contributed by atoms with E-state index in [0.29, 0.717) is 19.1 Å². The highest BCUT2D eigenvalue weighted by Gasteiger charge is 2.28. The Morgan fingerprint density at radius 2 is 1.90 bits per heavy atom. The molecule has 1 rings (SSSR count). The van der Waals surface area contributed by atoms with Gasteiger partial charge < -0.3 is 15.3 Å². The Kier molecular flexibility index (Phi) is 6.91. The molecule has 20 heavy (non-hydrogen) atoms. The molecule has 0 amide bonds. The molecule has 0 bridgehead atoms. The minimum Gasteiger partial charge on any atom is -0.394 e. The summed E-state index contributed by atoms with van der Waals surface area (Å²) >= 11 is 0. The lowest BCUT2D eigenvalue weighted by atomic mass is 9.90. The molecule has 0 radical (unpaired) electrons. The Balaban J connectivity index is 2.38. The maximum absolute atomic E-state index is 11.4. The molecule has 0 spiro atoms. The van der Waals surface area contributed by atoms with Crippen LogP contribution in [0.5, 0.6) is 0 Å².